The van der Waals surface area contributed by atoms with Crippen LogP contribution in [-0.4, -0.2) is 27.0 Å². The highest BCUT2D eigenvalue weighted by Crippen LogP contribution is 2.35. The summed E-state index contributed by atoms with van der Waals surface area (Å²) in [5.41, 5.74) is 1.52. The molecule has 5 heteroatoms. The minimum atomic E-state index is -2.84. The fourth-order valence-electron chi connectivity index (χ4n) is 2.74. The number of hydrogen-bond donors (Lipinski definition) is 1. The average molecular weight is 316 g/mol. The lowest BCUT2D eigenvalue weighted by molar-refractivity contribution is 0.498. The Labute approximate surface area is 126 Å². The molecule has 1 unspecified atom stereocenters. The number of thiophene rings is 1. The Morgan fingerprint density at radius 2 is 2.20 bits per heavy atom. The van der Waals surface area contributed by atoms with Crippen molar-refractivity contribution in [2.45, 2.75) is 51.5 Å². The number of nitrogens with one attached hydrogen (secondary N) is 1. The highest BCUT2D eigenvalue weighted by Gasteiger charge is 2.20. The molecular formula is C15H25NO2S2. The summed E-state index contributed by atoms with van der Waals surface area (Å²) < 4.78 is 22.5. The van der Waals surface area contributed by atoms with Crippen molar-refractivity contribution in [2.24, 2.45) is 0 Å². The molecule has 0 aromatic carbocycles. The first-order chi connectivity index (χ1) is 9.49. The molecular weight excluding hydrogens is 290 g/mol. The maximum Gasteiger partial charge on any atom is 0.147 e. The number of sulfone groups is 1. The fourth-order valence-corrected chi connectivity index (χ4v) is 4.80. The third-order valence-electron chi connectivity index (χ3n) is 3.76. The Balaban J connectivity index is 1.98. The zero-order chi connectivity index (χ0) is 14.6. The van der Waals surface area contributed by atoms with Crippen LogP contribution in [-0.2, 0) is 22.7 Å². The van der Waals surface area contributed by atoms with Gasteiger partial charge in [-0.1, -0.05) is 6.92 Å². The van der Waals surface area contributed by atoms with E-state index in [0.29, 0.717) is 11.8 Å². The lowest BCUT2D eigenvalue weighted by Crippen LogP contribution is -2.22. The van der Waals surface area contributed by atoms with Crippen molar-refractivity contribution in [3.05, 3.63) is 21.4 Å². The average Bonchev–Trinajstić information content (AvgIpc) is 2.92. The third kappa shape index (κ3) is 4.57. The molecule has 0 saturated carbocycles. The van der Waals surface area contributed by atoms with E-state index in [-0.39, 0.29) is 0 Å². The molecule has 0 aliphatic heterocycles. The van der Waals surface area contributed by atoms with E-state index in [1.807, 2.05) is 11.3 Å². The second kappa shape index (κ2) is 7.05. The molecule has 1 N–H and O–H groups in total. The molecule has 0 fully saturated rings. The van der Waals surface area contributed by atoms with Gasteiger partial charge in [-0.2, -0.15) is 0 Å². The summed E-state index contributed by atoms with van der Waals surface area (Å²) in [4.78, 5) is 2.95. The van der Waals surface area contributed by atoms with Crippen molar-refractivity contribution in [1.82, 2.24) is 5.32 Å². The molecule has 0 saturated heterocycles. The predicted molar refractivity (Wildman–Crippen MR) is 86.3 cm³/mol. The molecule has 0 spiro atoms. The van der Waals surface area contributed by atoms with Gasteiger partial charge in [-0.25, -0.2) is 8.42 Å². The summed E-state index contributed by atoms with van der Waals surface area (Å²) in [6.07, 6.45) is 7.81. The number of hydrogen-bond acceptors (Lipinski definition) is 4. The maximum atomic E-state index is 11.3. The zero-order valence-corrected chi connectivity index (χ0v) is 14.1. The van der Waals surface area contributed by atoms with Crippen LogP contribution in [0.5, 0.6) is 0 Å². The van der Waals surface area contributed by atoms with E-state index in [4.69, 9.17) is 0 Å². The van der Waals surface area contributed by atoms with E-state index in [1.54, 1.807) is 4.88 Å². The molecule has 1 aromatic heterocycles. The van der Waals surface area contributed by atoms with Crippen LogP contribution in [0, 0.1) is 0 Å². The smallest absolute Gasteiger partial charge is 0.147 e. The number of aryl methyl sites for hydroxylation is 2. The van der Waals surface area contributed by atoms with Gasteiger partial charge in [-0.3, -0.25) is 0 Å². The molecule has 0 radical (unpaired) electrons. The Bertz CT molecular complexity index is 513. The molecule has 2 rings (SSSR count). The lowest BCUT2D eigenvalue weighted by atomic mass is 10.1. The Morgan fingerprint density at radius 3 is 2.85 bits per heavy atom. The second-order valence-corrected chi connectivity index (χ2v) is 9.16. The normalized spacial score (nSPS) is 16.3. The van der Waals surface area contributed by atoms with Gasteiger partial charge in [0.2, 0.25) is 0 Å². The highest BCUT2D eigenvalue weighted by atomic mass is 32.2. The minimum absolute atomic E-state index is 0.294. The molecule has 20 heavy (non-hydrogen) atoms. The zero-order valence-electron chi connectivity index (χ0n) is 12.4. The van der Waals surface area contributed by atoms with E-state index in [1.165, 1.54) is 36.0 Å². The molecule has 1 aliphatic rings. The number of fused-ring (bicyclic) bond motifs is 1. The Morgan fingerprint density at radius 1 is 1.40 bits per heavy atom. The van der Waals surface area contributed by atoms with E-state index in [0.717, 1.165) is 25.8 Å². The lowest BCUT2D eigenvalue weighted by Gasteiger charge is -2.17. The van der Waals surface area contributed by atoms with Crippen LogP contribution in [0.3, 0.4) is 0 Å². The van der Waals surface area contributed by atoms with Gasteiger partial charge in [0, 0.05) is 27.8 Å². The first kappa shape index (κ1) is 16.0. The van der Waals surface area contributed by atoms with Crippen LogP contribution in [0.15, 0.2) is 6.07 Å². The molecule has 0 amide bonds. The van der Waals surface area contributed by atoms with Crippen molar-refractivity contribution in [3.63, 3.8) is 0 Å². The Kier molecular flexibility index (Phi) is 5.64. The second-order valence-electron chi connectivity index (χ2n) is 5.73. The van der Waals surface area contributed by atoms with E-state index < -0.39 is 9.84 Å². The minimum Gasteiger partial charge on any atom is -0.309 e. The topological polar surface area (TPSA) is 46.2 Å². The van der Waals surface area contributed by atoms with Crippen LogP contribution in [0.25, 0.3) is 0 Å². The van der Waals surface area contributed by atoms with Gasteiger partial charge in [0.25, 0.3) is 0 Å². The van der Waals surface area contributed by atoms with Gasteiger partial charge in [-0.15, -0.1) is 11.3 Å². The standard InChI is InChI=1S/C15H25NO2S2/c1-3-9-16-13(7-5-10-20(2,17)18)15-11-12-6-4-8-14(12)19-15/h11,13,16H,3-10H2,1-2H3. The van der Waals surface area contributed by atoms with Crippen LogP contribution < -0.4 is 5.32 Å². The van der Waals surface area contributed by atoms with Gasteiger partial charge in [0.15, 0.2) is 0 Å². The van der Waals surface area contributed by atoms with Crippen LogP contribution >= 0.6 is 11.3 Å². The van der Waals surface area contributed by atoms with Gasteiger partial charge in [0.05, 0.1) is 0 Å². The number of rotatable bonds is 8. The van der Waals surface area contributed by atoms with Crippen molar-refractivity contribution >= 4 is 21.2 Å². The quantitative estimate of drug-likeness (QED) is 0.802. The van der Waals surface area contributed by atoms with Gasteiger partial charge < -0.3 is 5.32 Å². The summed E-state index contributed by atoms with van der Waals surface area (Å²) in [5, 5.41) is 3.58. The van der Waals surface area contributed by atoms with E-state index in [9.17, 15) is 8.42 Å². The molecule has 1 heterocycles. The van der Waals surface area contributed by atoms with Crippen LogP contribution in [0.1, 0.15) is 54.0 Å². The largest absolute Gasteiger partial charge is 0.309 e. The Hall–Kier alpha value is -0.390. The third-order valence-corrected chi connectivity index (χ3v) is 6.14. The fraction of sp³-hybridized carbons (Fsp3) is 0.733. The van der Waals surface area contributed by atoms with E-state index >= 15 is 0 Å². The first-order valence-corrected chi connectivity index (χ1v) is 10.4. The van der Waals surface area contributed by atoms with Crippen LogP contribution in [0.4, 0.5) is 0 Å². The van der Waals surface area contributed by atoms with E-state index in [2.05, 4.69) is 18.3 Å². The summed E-state index contributed by atoms with van der Waals surface area (Å²) >= 11 is 1.93. The summed E-state index contributed by atoms with van der Waals surface area (Å²) in [5.74, 6) is 0.294. The SMILES string of the molecule is CCCNC(CCCS(C)(=O)=O)c1cc2c(s1)CCC2. The van der Waals surface area contributed by atoms with Crippen molar-refractivity contribution in [2.75, 3.05) is 18.6 Å². The van der Waals surface area contributed by atoms with Gasteiger partial charge >= 0.3 is 0 Å². The first-order valence-electron chi connectivity index (χ1n) is 7.52. The summed E-state index contributed by atoms with van der Waals surface area (Å²) in [6, 6.07) is 2.67. The highest BCUT2D eigenvalue weighted by molar-refractivity contribution is 7.90. The summed E-state index contributed by atoms with van der Waals surface area (Å²) in [7, 11) is -2.84. The maximum absolute atomic E-state index is 11.3. The summed E-state index contributed by atoms with van der Waals surface area (Å²) in [6.45, 7) is 3.15. The molecule has 1 aliphatic carbocycles. The van der Waals surface area contributed by atoms with Crippen molar-refractivity contribution < 1.29 is 8.42 Å². The molecule has 3 nitrogen and oxygen atoms in total. The monoisotopic (exact) mass is 315 g/mol. The molecule has 1 aromatic rings. The van der Waals surface area contributed by atoms with Gasteiger partial charge in [-0.05, 0) is 56.7 Å². The predicted octanol–water partition coefficient (Wildman–Crippen LogP) is 3.10. The van der Waals surface area contributed by atoms with Crippen molar-refractivity contribution in [1.29, 1.82) is 0 Å². The molecule has 0 bridgehead atoms. The van der Waals surface area contributed by atoms with Gasteiger partial charge in [0.1, 0.15) is 9.84 Å². The molecule has 1 atom stereocenters. The molecule has 114 valence electrons. The van der Waals surface area contributed by atoms with Crippen LogP contribution in [0.2, 0.25) is 0 Å². The van der Waals surface area contributed by atoms with Crippen molar-refractivity contribution in [3.8, 4) is 0 Å².